The lowest BCUT2D eigenvalue weighted by Gasteiger charge is -2.29. The van der Waals surface area contributed by atoms with Crippen molar-refractivity contribution in [1.82, 2.24) is 10.2 Å². The van der Waals surface area contributed by atoms with Crippen molar-refractivity contribution in [3.8, 4) is 0 Å². The van der Waals surface area contributed by atoms with Crippen LogP contribution in [0.15, 0.2) is 17.5 Å². The van der Waals surface area contributed by atoms with E-state index in [2.05, 4.69) is 0 Å². The highest BCUT2D eigenvalue weighted by atomic mass is 32.1. The Morgan fingerprint density at radius 3 is 2.48 bits per heavy atom. The monoisotopic (exact) mass is 324 g/mol. The van der Waals surface area contributed by atoms with E-state index in [4.69, 9.17) is 5.11 Å². The molecule has 0 aromatic carbocycles. The van der Waals surface area contributed by atoms with Crippen molar-refractivity contribution in [3.63, 3.8) is 0 Å². The minimum Gasteiger partial charge on any atom is -0.480 e. The first kappa shape index (κ1) is 17.4. The second-order valence-electron chi connectivity index (χ2n) is 4.61. The topological polar surface area (TPSA) is 69.6 Å². The summed E-state index contributed by atoms with van der Waals surface area (Å²) in [4.78, 5) is 24.7. The molecule has 1 amide bonds. The maximum atomic E-state index is 12.7. The normalized spacial score (nSPS) is 14.5. The van der Waals surface area contributed by atoms with Gasteiger partial charge >= 0.3 is 12.1 Å². The van der Waals surface area contributed by atoms with Crippen molar-refractivity contribution in [2.24, 2.45) is 0 Å². The van der Waals surface area contributed by atoms with E-state index in [-0.39, 0.29) is 6.54 Å². The van der Waals surface area contributed by atoms with Crippen LogP contribution in [0.25, 0.3) is 0 Å². The number of likely N-dealkylation sites (N-methyl/N-ethyl adjacent to an activating group) is 1. The van der Waals surface area contributed by atoms with Crippen LogP contribution >= 0.6 is 11.3 Å². The van der Waals surface area contributed by atoms with Crippen LogP contribution in [0.4, 0.5) is 13.2 Å². The summed E-state index contributed by atoms with van der Waals surface area (Å²) in [5, 5.41) is 12.3. The Morgan fingerprint density at radius 1 is 1.43 bits per heavy atom. The molecular weight excluding hydrogens is 309 g/mol. The highest BCUT2D eigenvalue weighted by molar-refractivity contribution is 7.09. The number of carboxylic acids is 1. The Hall–Kier alpha value is -1.61. The van der Waals surface area contributed by atoms with E-state index in [1.165, 1.54) is 23.3 Å². The number of rotatable bonds is 6. The Labute approximate surface area is 123 Å². The molecule has 1 aromatic heterocycles. The van der Waals surface area contributed by atoms with Crippen molar-refractivity contribution < 1.29 is 27.9 Å². The Balaban J connectivity index is 2.64. The van der Waals surface area contributed by atoms with Crippen LogP contribution in [0.1, 0.15) is 11.8 Å². The standard InChI is InChI=1S/C12H15F3N2O3S/c1-11(10(19)20,12(13,14)15)16-6-9(18)17(2)7-8-4-3-5-21-8/h3-5,16H,6-7H2,1-2H3,(H,19,20). The summed E-state index contributed by atoms with van der Waals surface area (Å²) in [6, 6.07) is 3.58. The average molecular weight is 324 g/mol. The number of amides is 1. The number of nitrogens with zero attached hydrogens (tertiary/aromatic N) is 1. The predicted molar refractivity (Wildman–Crippen MR) is 70.9 cm³/mol. The summed E-state index contributed by atoms with van der Waals surface area (Å²) >= 11 is 1.41. The Kier molecular flexibility index (Phi) is 5.35. The first-order valence-electron chi connectivity index (χ1n) is 5.89. The molecule has 0 radical (unpaired) electrons. The van der Waals surface area contributed by atoms with E-state index in [1.54, 1.807) is 17.4 Å². The van der Waals surface area contributed by atoms with E-state index >= 15 is 0 Å². The number of nitrogens with one attached hydrogen (secondary N) is 1. The van der Waals surface area contributed by atoms with Gasteiger partial charge in [-0.15, -0.1) is 11.3 Å². The van der Waals surface area contributed by atoms with Gasteiger partial charge in [-0.2, -0.15) is 13.2 Å². The minimum absolute atomic E-state index is 0.258. The molecule has 1 heterocycles. The third kappa shape index (κ3) is 4.18. The molecule has 1 atom stereocenters. The fourth-order valence-corrected chi connectivity index (χ4v) is 2.17. The molecule has 0 aliphatic heterocycles. The van der Waals surface area contributed by atoms with E-state index < -0.39 is 30.1 Å². The first-order chi connectivity index (χ1) is 9.58. The van der Waals surface area contributed by atoms with Crippen molar-refractivity contribution in [3.05, 3.63) is 22.4 Å². The molecule has 5 nitrogen and oxygen atoms in total. The van der Waals surface area contributed by atoms with Gasteiger partial charge in [-0.05, 0) is 18.4 Å². The molecule has 1 aromatic rings. The summed E-state index contributed by atoms with van der Waals surface area (Å²) in [7, 11) is 1.44. The number of carbonyl (C=O) groups excluding carboxylic acids is 1. The molecule has 0 spiro atoms. The third-order valence-electron chi connectivity index (χ3n) is 2.99. The summed E-state index contributed by atoms with van der Waals surface area (Å²) < 4.78 is 38.2. The smallest absolute Gasteiger partial charge is 0.417 e. The van der Waals surface area contributed by atoms with Gasteiger partial charge in [0.1, 0.15) is 0 Å². The zero-order chi connectivity index (χ0) is 16.3. The second-order valence-corrected chi connectivity index (χ2v) is 5.64. The summed E-state index contributed by atoms with van der Waals surface area (Å²) in [6.07, 6.45) is -5.01. The highest BCUT2D eigenvalue weighted by Gasteiger charge is 2.57. The molecule has 0 bridgehead atoms. The lowest BCUT2D eigenvalue weighted by atomic mass is 10.0. The zero-order valence-electron chi connectivity index (χ0n) is 11.4. The lowest BCUT2D eigenvalue weighted by molar-refractivity contribution is -0.205. The van der Waals surface area contributed by atoms with Gasteiger partial charge in [0.25, 0.3) is 0 Å². The number of carboxylic acid groups (broad SMARTS) is 1. The third-order valence-corrected chi connectivity index (χ3v) is 3.85. The van der Waals surface area contributed by atoms with E-state index in [1.807, 2.05) is 5.38 Å². The van der Waals surface area contributed by atoms with Crippen molar-refractivity contribution in [1.29, 1.82) is 0 Å². The summed E-state index contributed by atoms with van der Waals surface area (Å²) in [6.45, 7) is 0.0278. The molecule has 0 saturated carbocycles. The number of hydrogen-bond acceptors (Lipinski definition) is 4. The Morgan fingerprint density at radius 2 is 2.05 bits per heavy atom. The van der Waals surface area contributed by atoms with E-state index in [0.29, 0.717) is 6.92 Å². The summed E-state index contributed by atoms with van der Waals surface area (Å²) in [5.41, 5.74) is -3.16. The molecule has 1 unspecified atom stereocenters. The van der Waals surface area contributed by atoms with E-state index in [9.17, 15) is 22.8 Å². The van der Waals surface area contributed by atoms with Crippen LogP contribution in [-0.4, -0.2) is 47.2 Å². The Bertz CT molecular complexity index is 504. The molecule has 0 saturated heterocycles. The molecule has 9 heteroatoms. The van der Waals surface area contributed by atoms with Crippen LogP contribution in [0.3, 0.4) is 0 Å². The van der Waals surface area contributed by atoms with Gasteiger partial charge in [-0.3, -0.25) is 10.1 Å². The maximum Gasteiger partial charge on any atom is 0.417 e. The zero-order valence-corrected chi connectivity index (χ0v) is 12.2. The molecule has 0 aliphatic carbocycles. The van der Waals surface area contributed by atoms with Crippen molar-refractivity contribution in [2.45, 2.75) is 25.2 Å². The largest absolute Gasteiger partial charge is 0.480 e. The van der Waals surface area contributed by atoms with Crippen molar-refractivity contribution >= 4 is 23.2 Å². The predicted octanol–water partition coefficient (Wildman–Crippen LogP) is 1.70. The van der Waals surface area contributed by atoms with Crippen LogP contribution < -0.4 is 5.32 Å². The van der Waals surface area contributed by atoms with Crippen molar-refractivity contribution in [2.75, 3.05) is 13.6 Å². The van der Waals surface area contributed by atoms with Gasteiger partial charge in [0.05, 0.1) is 13.1 Å². The molecule has 118 valence electrons. The first-order valence-corrected chi connectivity index (χ1v) is 6.77. The molecular formula is C12H15F3N2O3S. The van der Waals surface area contributed by atoms with Crippen LogP contribution in [0.2, 0.25) is 0 Å². The van der Waals surface area contributed by atoms with Gasteiger partial charge in [-0.25, -0.2) is 4.79 Å². The lowest BCUT2D eigenvalue weighted by Crippen LogP contribution is -2.61. The number of hydrogen-bond donors (Lipinski definition) is 2. The molecule has 2 N–H and O–H groups in total. The van der Waals surface area contributed by atoms with E-state index in [0.717, 1.165) is 4.88 Å². The quantitative estimate of drug-likeness (QED) is 0.836. The van der Waals surface area contributed by atoms with Crippen LogP contribution in [0, 0.1) is 0 Å². The number of halogens is 3. The van der Waals surface area contributed by atoms with Gasteiger partial charge < -0.3 is 10.0 Å². The maximum absolute atomic E-state index is 12.7. The van der Waals surface area contributed by atoms with Gasteiger partial charge in [-0.1, -0.05) is 6.07 Å². The number of alkyl halides is 3. The average Bonchev–Trinajstić information content (AvgIpc) is 2.86. The SMILES string of the molecule is CN(Cc1cccs1)C(=O)CNC(C)(C(=O)O)C(F)(F)F. The minimum atomic E-state index is -5.01. The fraction of sp³-hybridized carbons (Fsp3) is 0.500. The molecule has 21 heavy (non-hydrogen) atoms. The van der Waals surface area contributed by atoms with Gasteiger partial charge in [0, 0.05) is 11.9 Å². The highest BCUT2D eigenvalue weighted by Crippen LogP contribution is 2.30. The summed E-state index contributed by atoms with van der Waals surface area (Å²) in [5.74, 6) is -2.70. The fourth-order valence-electron chi connectivity index (χ4n) is 1.41. The molecule has 1 rings (SSSR count). The van der Waals surface area contributed by atoms with Crippen LogP contribution in [-0.2, 0) is 16.1 Å². The molecule has 0 fully saturated rings. The number of aliphatic carboxylic acids is 1. The second kappa shape index (κ2) is 6.44. The number of thiophene rings is 1. The number of carbonyl (C=O) groups is 2. The van der Waals surface area contributed by atoms with Gasteiger partial charge in [0.15, 0.2) is 0 Å². The molecule has 0 aliphatic rings. The van der Waals surface area contributed by atoms with Crippen LogP contribution in [0.5, 0.6) is 0 Å². The van der Waals surface area contributed by atoms with Gasteiger partial charge in [0.2, 0.25) is 11.4 Å².